The van der Waals surface area contributed by atoms with Gasteiger partial charge in [-0.1, -0.05) is 35.9 Å². The molecule has 0 saturated heterocycles. The van der Waals surface area contributed by atoms with Crippen molar-refractivity contribution < 1.29 is 23.9 Å². The molecule has 0 saturated carbocycles. The van der Waals surface area contributed by atoms with Crippen LogP contribution in [-0.2, 0) is 19.1 Å². The molecule has 2 aromatic carbocycles. The molecule has 0 heterocycles. The standard InChI is InChI=1S/C19H21ClN2O5/c1-3-21-19(25)12(2)22-17(23)10-27-18(24)11-26-16-9-8-15(20)13-6-4-5-7-14(13)16/h4-9,12H,3,10-11H2,1-2H3,(H,21,25)(H,22,23)/t12-/m1/s1. The van der Waals surface area contributed by atoms with Gasteiger partial charge >= 0.3 is 5.97 Å². The van der Waals surface area contributed by atoms with E-state index < -0.39 is 24.5 Å². The van der Waals surface area contributed by atoms with Crippen LogP contribution in [0.2, 0.25) is 5.02 Å². The third-order valence-electron chi connectivity index (χ3n) is 3.66. The average Bonchev–Trinajstić information content (AvgIpc) is 2.66. The number of amides is 2. The van der Waals surface area contributed by atoms with E-state index in [2.05, 4.69) is 10.6 Å². The molecule has 0 spiro atoms. The van der Waals surface area contributed by atoms with E-state index in [-0.39, 0.29) is 12.5 Å². The third-order valence-corrected chi connectivity index (χ3v) is 3.99. The molecule has 2 rings (SSSR count). The van der Waals surface area contributed by atoms with Crippen molar-refractivity contribution in [2.75, 3.05) is 19.8 Å². The molecule has 2 N–H and O–H groups in total. The van der Waals surface area contributed by atoms with E-state index >= 15 is 0 Å². The Balaban J connectivity index is 1.82. The van der Waals surface area contributed by atoms with Crippen molar-refractivity contribution in [1.82, 2.24) is 10.6 Å². The van der Waals surface area contributed by atoms with Crippen LogP contribution in [0.4, 0.5) is 0 Å². The van der Waals surface area contributed by atoms with Crippen molar-refractivity contribution in [1.29, 1.82) is 0 Å². The molecular weight excluding hydrogens is 372 g/mol. The molecule has 0 radical (unpaired) electrons. The highest BCUT2D eigenvalue weighted by Gasteiger charge is 2.16. The van der Waals surface area contributed by atoms with Gasteiger partial charge in [0.1, 0.15) is 11.8 Å². The molecule has 1 atom stereocenters. The first-order valence-corrected chi connectivity index (χ1v) is 8.83. The minimum Gasteiger partial charge on any atom is -0.481 e. The van der Waals surface area contributed by atoms with Crippen molar-refractivity contribution in [3.8, 4) is 5.75 Å². The van der Waals surface area contributed by atoms with Gasteiger partial charge in [-0.3, -0.25) is 9.59 Å². The van der Waals surface area contributed by atoms with E-state index in [1.54, 1.807) is 26.0 Å². The van der Waals surface area contributed by atoms with Gasteiger partial charge < -0.3 is 20.1 Å². The molecule has 2 aromatic rings. The second-order valence-corrected chi connectivity index (χ2v) is 6.13. The van der Waals surface area contributed by atoms with Gasteiger partial charge in [-0.15, -0.1) is 0 Å². The molecule has 0 fully saturated rings. The summed E-state index contributed by atoms with van der Waals surface area (Å²) in [6.45, 7) is 2.93. The first kappa shape index (κ1) is 20.5. The highest BCUT2D eigenvalue weighted by Crippen LogP contribution is 2.31. The van der Waals surface area contributed by atoms with Crippen LogP contribution in [0.3, 0.4) is 0 Å². The van der Waals surface area contributed by atoms with Crippen molar-refractivity contribution >= 4 is 40.2 Å². The Morgan fingerprint density at radius 2 is 1.78 bits per heavy atom. The summed E-state index contributed by atoms with van der Waals surface area (Å²) in [4.78, 5) is 35.1. The van der Waals surface area contributed by atoms with Crippen molar-refractivity contribution in [3.05, 3.63) is 41.4 Å². The maximum absolute atomic E-state index is 11.8. The molecule has 144 valence electrons. The van der Waals surface area contributed by atoms with Crippen LogP contribution in [0.1, 0.15) is 13.8 Å². The summed E-state index contributed by atoms with van der Waals surface area (Å²) in [6.07, 6.45) is 0. The van der Waals surface area contributed by atoms with Gasteiger partial charge in [0.2, 0.25) is 5.91 Å². The molecule has 0 aliphatic carbocycles. The highest BCUT2D eigenvalue weighted by molar-refractivity contribution is 6.35. The number of carbonyl (C=O) groups is 3. The number of rotatable bonds is 8. The molecular formula is C19H21ClN2O5. The van der Waals surface area contributed by atoms with Crippen molar-refractivity contribution in [2.45, 2.75) is 19.9 Å². The molecule has 8 heteroatoms. The van der Waals surface area contributed by atoms with Crippen LogP contribution in [0.15, 0.2) is 36.4 Å². The topological polar surface area (TPSA) is 93.7 Å². The lowest BCUT2D eigenvalue weighted by molar-refractivity contribution is -0.150. The van der Waals surface area contributed by atoms with E-state index in [4.69, 9.17) is 21.1 Å². The van der Waals surface area contributed by atoms with Gasteiger partial charge in [0, 0.05) is 22.3 Å². The number of carbonyl (C=O) groups excluding carboxylic acids is 3. The maximum Gasteiger partial charge on any atom is 0.344 e. The number of nitrogens with one attached hydrogen (secondary N) is 2. The summed E-state index contributed by atoms with van der Waals surface area (Å²) < 4.78 is 10.4. The Kier molecular flexibility index (Phi) is 7.43. The van der Waals surface area contributed by atoms with Crippen LogP contribution in [0.25, 0.3) is 10.8 Å². The fraction of sp³-hybridized carbons (Fsp3) is 0.316. The number of likely N-dealkylation sites (N-methyl/N-ethyl adjacent to an activating group) is 1. The Morgan fingerprint density at radius 1 is 1.07 bits per heavy atom. The lowest BCUT2D eigenvalue weighted by atomic mass is 10.1. The number of halogens is 1. The average molecular weight is 393 g/mol. The number of benzene rings is 2. The largest absolute Gasteiger partial charge is 0.481 e. The van der Waals surface area contributed by atoms with Gasteiger partial charge in [-0.2, -0.15) is 0 Å². The molecule has 0 aliphatic heterocycles. The van der Waals surface area contributed by atoms with E-state index in [1.807, 2.05) is 24.3 Å². The Morgan fingerprint density at radius 3 is 2.48 bits per heavy atom. The molecule has 7 nitrogen and oxygen atoms in total. The van der Waals surface area contributed by atoms with Gasteiger partial charge in [0.25, 0.3) is 5.91 Å². The summed E-state index contributed by atoms with van der Waals surface area (Å²) in [5.41, 5.74) is 0. The minimum absolute atomic E-state index is 0.310. The van der Waals surface area contributed by atoms with Gasteiger partial charge in [0.15, 0.2) is 13.2 Å². The van der Waals surface area contributed by atoms with Crippen LogP contribution in [0, 0.1) is 0 Å². The SMILES string of the molecule is CCNC(=O)[C@@H](C)NC(=O)COC(=O)COc1ccc(Cl)c2ccccc12. The summed E-state index contributed by atoms with van der Waals surface area (Å²) in [5.74, 6) is -1.09. The smallest absolute Gasteiger partial charge is 0.344 e. The third kappa shape index (κ3) is 5.86. The van der Waals surface area contributed by atoms with Crippen LogP contribution in [0.5, 0.6) is 5.75 Å². The molecule has 27 heavy (non-hydrogen) atoms. The zero-order chi connectivity index (χ0) is 19.8. The van der Waals surface area contributed by atoms with Crippen LogP contribution in [-0.4, -0.2) is 43.6 Å². The van der Waals surface area contributed by atoms with Crippen molar-refractivity contribution in [3.63, 3.8) is 0 Å². The molecule has 0 bridgehead atoms. The number of esters is 1. The first-order valence-electron chi connectivity index (χ1n) is 8.45. The van der Waals surface area contributed by atoms with E-state index in [0.29, 0.717) is 17.3 Å². The fourth-order valence-electron chi connectivity index (χ4n) is 2.36. The monoisotopic (exact) mass is 392 g/mol. The molecule has 0 aromatic heterocycles. The van der Waals surface area contributed by atoms with E-state index in [0.717, 1.165) is 10.8 Å². The van der Waals surface area contributed by atoms with E-state index in [9.17, 15) is 14.4 Å². The van der Waals surface area contributed by atoms with E-state index in [1.165, 1.54) is 0 Å². The second kappa shape index (κ2) is 9.78. The lowest BCUT2D eigenvalue weighted by Gasteiger charge is -2.13. The predicted octanol–water partition coefficient (Wildman–Crippen LogP) is 2.06. The number of hydrogen-bond donors (Lipinski definition) is 2. The zero-order valence-electron chi connectivity index (χ0n) is 15.1. The van der Waals surface area contributed by atoms with Gasteiger partial charge in [-0.25, -0.2) is 4.79 Å². The summed E-state index contributed by atoms with van der Waals surface area (Å²) in [5, 5.41) is 7.18. The first-order chi connectivity index (χ1) is 12.9. The second-order valence-electron chi connectivity index (χ2n) is 5.72. The molecule has 0 unspecified atom stereocenters. The number of ether oxygens (including phenoxy) is 2. The Bertz CT molecular complexity index is 840. The highest BCUT2D eigenvalue weighted by atomic mass is 35.5. The molecule has 0 aliphatic rings. The van der Waals surface area contributed by atoms with Crippen molar-refractivity contribution in [2.24, 2.45) is 0 Å². The normalized spacial score (nSPS) is 11.5. The Labute approximate surface area is 162 Å². The summed E-state index contributed by atoms with van der Waals surface area (Å²) >= 11 is 6.14. The van der Waals surface area contributed by atoms with Gasteiger partial charge in [0.05, 0.1) is 0 Å². The maximum atomic E-state index is 11.8. The quantitative estimate of drug-likeness (QED) is 0.670. The van der Waals surface area contributed by atoms with Crippen LogP contribution < -0.4 is 15.4 Å². The minimum atomic E-state index is -0.715. The zero-order valence-corrected chi connectivity index (χ0v) is 15.8. The fourth-order valence-corrected chi connectivity index (χ4v) is 2.59. The predicted molar refractivity (Wildman–Crippen MR) is 102 cm³/mol. The molecule has 2 amide bonds. The summed E-state index contributed by atoms with van der Waals surface area (Å²) in [6, 6.07) is 10.0. The lowest BCUT2D eigenvalue weighted by Crippen LogP contribution is -2.46. The number of hydrogen-bond acceptors (Lipinski definition) is 5. The summed E-state index contributed by atoms with van der Waals surface area (Å²) in [7, 11) is 0. The Hall–Kier alpha value is -2.80. The van der Waals surface area contributed by atoms with Crippen LogP contribution >= 0.6 is 11.6 Å². The number of fused-ring (bicyclic) bond motifs is 1. The van der Waals surface area contributed by atoms with Gasteiger partial charge in [-0.05, 0) is 26.0 Å².